The van der Waals surface area contributed by atoms with Gasteiger partial charge in [-0.3, -0.25) is 11.3 Å². The van der Waals surface area contributed by atoms with Crippen molar-refractivity contribution in [2.45, 2.75) is 12.6 Å². The monoisotopic (exact) mass is 102 g/mol. The van der Waals surface area contributed by atoms with Crippen molar-refractivity contribution in [3.8, 4) is 0 Å². The number of nitrogens with one attached hydrogen (secondary N) is 3. The quantitative estimate of drug-likeness (QED) is 0.235. The van der Waals surface area contributed by atoms with Crippen LogP contribution >= 0.6 is 0 Å². The lowest BCUT2D eigenvalue weighted by atomic mass is 10.4. The highest BCUT2D eigenvalue weighted by Crippen LogP contribution is 1.86. The summed E-state index contributed by atoms with van der Waals surface area (Å²) in [4.78, 5) is 0. The van der Waals surface area contributed by atoms with Crippen molar-refractivity contribution in [2.75, 3.05) is 6.54 Å². The van der Waals surface area contributed by atoms with Crippen LogP contribution in [-0.2, 0) is 0 Å². The maximum atomic E-state index is 5.08. The molecule has 0 spiro atoms. The average molecular weight is 102 g/mol. The van der Waals surface area contributed by atoms with Gasteiger partial charge in [-0.25, -0.2) is 10.9 Å². The summed E-state index contributed by atoms with van der Waals surface area (Å²) in [6, 6.07) is 0. The van der Waals surface area contributed by atoms with Gasteiger partial charge in [-0.2, -0.15) is 0 Å². The molecule has 1 aliphatic rings. The second-order valence-corrected chi connectivity index (χ2v) is 1.58. The lowest BCUT2D eigenvalue weighted by molar-refractivity contribution is 0.470. The first-order valence-corrected chi connectivity index (χ1v) is 2.38. The van der Waals surface area contributed by atoms with E-state index in [1.807, 2.05) is 0 Å². The molecule has 4 heteroatoms. The summed E-state index contributed by atoms with van der Waals surface area (Å²) in [5.41, 5.74) is 8.44. The Morgan fingerprint density at radius 3 is 2.86 bits per heavy atom. The maximum absolute atomic E-state index is 5.08. The van der Waals surface area contributed by atoms with E-state index in [0.29, 0.717) is 0 Å². The van der Waals surface area contributed by atoms with Gasteiger partial charge in [0.25, 0.3) is 0 Å². The molecular formula is C3H10N4. The van der Waals surface area contributed by atoms with Crippen LogP contribution in [0, 0.1) is 0 Å². The van der Waals surface area contributed by atoms with Gasteiger partial charge in [-0.05, 0) is 6.42 Å². The van der Waals surface area contributed by atoms with E-state index in [9.17, 15) is 0 Å². The van der Waals surface area contributed by atoms with Gasteiger partial charge in [0.05, 0.1) is 6.17 Å². The van der Waals surface area contributed by atoms with Crippen molar-refractivity contribution in [3.63, 3.8) is 0 Å². The molecule has 1 saturated heterocycles. The fourth-order valence-electron chi connectivity index (χ4n) is 0.609. The van der Waals surface area contributed by atoms with Gasteiger partial charge in [0.15, 0.2) is 0 Å². The fourth-order valence-corrected chi connectivity index (χ4v) is 0.609. The molecule has 0 radical (unpaired) electrons. The third-order valence-corrected chi connectivity index (χ3v) is 1.04. The number of hydrazine groups is 2. The molecule has 42 valence electrons. The number of nitrogens with two attached hydrogens (primary N) is 1. The van der Waals surface area contributed by atoms with E-state index in [1.54, 1.807) is 0 Å². The van der Waals surface area contributed by atoms with Crippen molar-refractivity contribution in [1.29, 1.82) is 0 Å². The van der Waals surface area contributed by atoms with Crippen LogP contribution in [0.15, 0.2) is 0 Å². The maximum Gasteiger partial charge on any atom is 0.0842 e. The van der Waals surface area contributed by atoms with Crippen LogP contribution in [0.25, 0.3) is 0 Å². The van der Waals surface area contributed by atoms with Gasteiger partial charge in [-0.1, -0.05) is 0 Å². The third kappa shape index (κ3) is 1.10. The van der Waals surface area contributed by atoms with Gasteiger partial charge in [0.2, 0.25) is 0 Å². The van der Waals surface area contributed by atoms with Crippen LogP contribution in [0.4, 0.5) is 0 Å². The highest BCUT2D eigenvalue weighted by atomic mass is 15.5. The molecule has 1 unspecified atom stereocenters. The first-order valence-electron chi connectivity index (χ1n) is 2.38. The first-order chi connectivity index (χ1) is 3.43. The summed E-state index contributed by atoms with van der Waals surface area (Å²) in [6.45, 7) is 0.995. The normalized spacial score (nSPS) is 31.3. The Labute approximate surface area is 42.4 Å². The fraction of sp³-hybridized carbons (Fsp3) is 1.00. The minimum Gasteiger partial charge on any atom is -0.270 e. The predicted octanol–water partition coefficient (Wildman–Crippen LogP) is -1.73. The summed E-state index contributed by atoms with van der Waals surface area (Å²) < 4.78 is 0. The summed E-state index contributed by atoms with van der Waals surface area (Å²) in [5, 5.41) is 0. The zero-order valence-corrected chi connectivity index (χ0v) is 4.07. The van der Waals surface area contributed by atoms with E-state index in [0.717, 1.165) is 13.0 Å². The third-order valence-electron chi connectivity index (χ3n) is 1.04. The lowest BCUT2D eigenvalue weighted by Crippen LogP contribution is -2.44. The van der Waals surface area contributed by atoms with Crippen molar-refractivity contribution in [3.05, 3.63) is 0 Å². The van der Waals surface area contributed by atoms with E-state index in [1.165, 1.54) is 0 Å². The average Bonchev–Trinajstić information content (AvgIpc) is 2.14. The molecule has 0 saturated carbocycles. The van der Waals surface area contributed by atoms with E-state index >= 15 is 0 Å². The van der Waals surface area contributed by atoms with Crippen molar-refractivity contribution in [1.82, 2.24) is 16.3 Å². The Balaban J connectivity index is 2.14. The largest absolute Gasteiger partial charge is 0.270 e. The Bertz CT molecular complexity index is 48.9. The minimum atomic E-state index is 0.264. The smallest absolute Gasteiger partial charge is 0.0842 e. The van der Waals surface area contributed by atoms with Crippen LogP contribution in [0.1, 0.15) is 6.42 Å². The molecule has 1 atom stereocenters. The molecule has 0 amide bonds. The van der Waals surface area contributed by atoms with Crippen LogP contribution < -0.4 is 22.1 Å². The molecule has 1 heterocycles. The number of hydrogen-bond donors (Lipinski definition) is 4. The zero-order valence-electron chi connectivity index (χ0n) is 4.07. The van der Waals surface area contributed by atoms with Crippen molar-refractivity contribution < 1.29 is 0 Å². The molecule has 1 rings (SSSR count). The second-order valence-electron chi connectivity index (χ2n) is 1.58. The standard InChI is InChI=1S/C3H10N4/c4-6-3-1-2-5-7-3/h3,5-7H,1-2,4H2. The Kier molecular flexibility index (Phi) is 1.59. The zero-order chi connectivity index (χ0) is 5.11. The molecule has 0 aromatic rings. The highest BCUT2D eigenvalue weighted by molar-refractivity contribution is 4.64. The van der Waals surface area contributed by atoms with Crippen LogP contribution in [0.5, 0.6) is 0 Å². The van der Waals surface area contributed by atoms with Crippen LogP contribution in [-0.4, -0.2) is 12.7 Å². The SMILES string of the molecule is NNC1CCNN1. The molecule has 0 aliphatic carbocycles. The van der Waals surface area contributed by atoms with Gasteiger partial charge in [-0.15, -0.1) is 0 Å². The second kappa shape index (κ2) is 2.23. The molecule has 4 nitrogen and oxygen atoms in total. The Hall–Kier alpha value is -0.160. The Morgan fingerprint density at radius 1 is 1.71 bits per heavy atom. The molecule has 0 aromatic carbocycles. The number of hydrogen-bond acceptors (Lipinski definition) is 4. The van der Waals surface area contributed by atoms with Gasteiger partial charge in [0, 0.05) is 6.54 Å². The molecule has 0 aromatic heterocycles. The summed E-state index contributed by atoms with van der Waals surface area (Å²) in [5.74, 6) is 5.08. The van der Waals surface area contributed by atoms with E-state index < -0.39 is 0 Å². The molecule has 0 bridgehead atoms. The van der Waals surface area contributed by atoms with E-state index in [-0.39, 0.29) is 6.17 Å². The minimum absolute atomic E-state index is 0.264. The van der Waals surface area contributed by atoms with E-state index in [2.05, 4.69) is 16.3 Å². The molecular weight excluding hydrogens is 92.1 g/mol. The molecule has 1 fully saturated rings. The molecule has 1 aliphatic heterocycles. The van der Waals surface area contributed by atoms with E-state index in [4.69, 9.17) is 5.84 Å². The van der Waals surface area contributed by atoms with Gasteiger partial charge >= 0.3 is 0 Å². The van der Waals surface area contributed by atoms with Crippen LogP contribution in [0.3, 0.4) is 0 Å². The summed E-state index contributed by atoms with van der Waals surface area (Å²) in [7, 11) is 0. The summed E-state index contributed by atoms with van der Waals surface area (Å²) in [6.07, 6.45) is 1.32. The topological polar surface area (TPSA) is 62.1 Å². The highest BCUT2D eigenvalue weighted by Gasteiger charge is 2.09. The van der Waals surface area contributed by atoms with Gasteiger partial charge < -0.3 is 0 Å². The van der Waals surface area contributed by atoms with Crippen molar-refractivity contribution in [2.24, 2.45) is 5.84 Å². The Morgan fingerprint density at radius 2 is 2.57 bits per heavy atom. The predicted molar refractivity (Wildman–Crippen MR) is 26.9 cm³/mol. The summed E-state index contributed by atoms with van der Waals surface area (Å²) >= 11 is 0. The lowest BCUT2D eigenvalue weighted by Gasteiger charge is -2.03. The number of rotatable bonds is 1. The van der Waals surface area contributed by atoms with Crippen LogP contribution in [0.2, 0.25) is 0 Å². The van der Waals surface area contributed by atoms with Crippen molar-refractivity contribution >= 4 is 0 Å². The van der Waals surface area contributed by atoms with Gasteiger partial charge in [0.1, 0.15) is 0 Å². The molecule has 7 heavy (non-hydrogen) atoms. The molecule has 5 N–H and O–H groups in total. The first kappa shape index (κ1) is 4.99.